The second kappa shape index (κ2) is 7.32. The number of esters is 1. The van der Waals surface area contributed by atoms with Crippen molar-refractivity contribution >= 4 is 33.6 Å². The van der Waals surface area contributed by atoms with E-state index in [4.69, 9.17) is 4.74 Å². The van der Waals surface area contributed by atoms with Crippen LogP contribution in [0.2, 0.25) is 0 Å². The van der Waals surface area contributed by atoms with Crippen molar-refractivity contribution in [3.8, 4) is 0 Å². The number of thiazole rings is 1. The minimum atomic E-state index is -0.328. The smallest absolute Gasteiger partial charge is 0.348 e. The van der Waals surface area contributed by atoms with E-state index in [-0.39, 0.29) is 18.1 Å². The van der Waals surface area contributed by atoms with Gasteiger partial charge in [-0.15, -0.1) is 22.7 Å². The molecule has 3 aromatic rings. The molecule has 0 aliphatic heterocycles. The largest absolute Gasteiger partial charge is 0.455 e. The lowest BCUT2D eigenvalue weighted by molar-refractivity contribution is 0.0473. The lowest BCUT2D eigenvalue weighted by atomic mass is 10.00. The summed E-state index contributed by atoms with van der Waals surface area (Å²) in [6.45, 7) is 1.89. The fourth-order valence-corrected chi connectivity index (χ4v) is 5.37. The summed E-state index contributed by atoms with van der Waals surface area (Å²) in [5.74, 6) is -0.328. The Morgan fingerprint density at radius 1 is 1.23 bits per heavy atom. The van der Waals surface area contributed by atoms with Crippen molar-refractivity contribution in [1.82, 2.24) is 9.38 Å². The molecule has 0 fully saturated rings. The van der Waals surface area contributed by atoms with Crippen molar-refractivity contribution in [2.75, 3.05) is 0 Å². The summed E-state index contributed by atoms with van der Waals surface area (Å²) in [5, 5.41) is 1.89. The highest BCUT2D eigenvalue weighted by Crippen LogP contribution is 2.29. The summed E-state index contributed by atoms with van der Waals surface area (Å²) in [6.07, 6.45) is 7.01. The number of carbonyl (C=O) groups excluding carboxylic acids is 1. The number of thiophene rings is 1. The predicted molar refractivity (Wildman–Crippen MR) is 103 cm³/mol. The lowest BCUT2D eigenvalue weighted by Gasteiger charge is -2.07. The van der Waals surface area contributed by atoms with Gasteiger partial charge in [0.2, 0.25) is 0 Å². The Kier molecular flexibility index (Phi) is 4.91. The minimum Gasteiger partial charge on any atom is -0.455 e. The maximum Gasteiger partial charge on any atom is 0.348 e. The molecule has 0 N–H and O–H groups in total. The van der Waals surface area contributed by atoms with Crippen LogP contribution in [-0.4, -0.2) is 15.4 Å². The molecule has 5 nitrogen and oxygen atoms in total. The maximum atomic E-state index is 12.4. The number of nitrogens with zero attached hydrogens (tertiary/aromatic N) is 2. The molecule has 0 atom stereocenters. The van der Waals surface area contributed by atoms with E-state index in [1.165, 1.54) is 53.5 Å². The van der Waals surface area contributed by atoms with Crippen LogP contribution in [0.25, 0.3) is 4.96 Å². The van der Waals surface area contributed by atoms with Crippen LogP contribution in [0.5, 0.6) is 0 Å². The molecule has 0 aromatic carbocycles. The zero-order chi connectivity index (χ0) is 18.1. The van der Waals surface area contributed by atoms with Crippen LogP contribution in [0.15, 0.2) is 22.3 Å². The Labute approximate surface area is 159 Å². The SMILES string of the molecule is Cc1csc2nc(COC(=O)c3cc4c(s3)CCCCCC4)cc(=O)n12. The molecule has 1 aliphatic carbocycles. The lowest BCUT2D eigenvalue weighted by Crippen LogP contribution is -2.16. The first-order valence-corrected chi connectivity index (χ1v) is 10.6. The molecule has 3 aromatic heterocycles. The molecule has 0 radical (unpaired) electrons. The topological polar surface area (TPSA) is 60.7 Å². The van der Waals surface area contributed by atoms with Gasteiger partial charge >= 0.3 is 5.97 Å². The molecule has 136 valence electrons. The van der Waals surface area contributed by atoms with Crippen molar-refractivity contribution in [1.29, 1.82) is 0 Å². The zero-order valence-corrected chi connectivity index (χ0v) is 16.3. The van der Waals surface area contributed by atoms with Crippen LogP contribution >= 0.6 is 22.7 Å². The third-order valence-corrected chi connectivity index (χ3v) is 6.84. The molecule has 1 aliphatic rings. The van der Waals surface area contributed by atoms with E-state index < -0.39 is 0 Å². The van der Waals surface area contributed by atoms with Gasteiger partial charge in [0.05, 0.1) is 5.69 Å². The van der Waals surface area contributed by atoms with Crippen LogP contribution in [0.4, 0.5) is 0 Å². The van der Waals surface area contributed by atoms with Gasteiger partial charge in [0, 0.05) is 22.0 Å². The molecule has 0 saturated heterocycles. The van der Waals surface area contributed by atoms with Crippen molar-refractivity contribution in [2.24, 2.45) is 0 Å². The number of aromatic nitrogens is 2. The highest BCUT2D eigenvalue weighted by molar-refractivity contribution is 7.15. The maximum absolute atomic E-state index is 12.4. The number of carbonyl (C=O) groups is 1. The Hall–Kier alpha value is -1.99. The van der Waals surface area contributed by atoms with E-state index in [2.05, 4.69) is 4.98 Å². The number of aryl methyl sites for hydroxylation is 3. The van der Waals surface area contributed by atoms with Crippen LogP contribution in [0.3, 0.4) is 0 Å². The molecule has 0 saturated carbocycles. The van der Waals surface area contributed by atoms with Crippen molar-refractivity contribution in [3.63, 3.8) is 0 Å². The van der Waals surface area contributed by atoms with Crippen molar-refractivity contribution < 1.29 is 9.53 Å². The first-order chi connectivity index (χ1) is 12.6. The Morgan fingerprint density at radius 2 is 2.04 bits per heavy atom. The minimum absolute atomic E-state index is 0.0179. The van der Waals surface area contributed by atoms with Gasteiger partial charge in [-0.2, -0.15) is 0 Å². The van der Waals surface area contributed by atoms with Gasteiger partial charge in [-0.3, -0.25) is 9.20 Å². The van der Waals surface area contributed by atoms with Gasteiger partial charge in [0.25, 0.3) is 5.56 Å². The fourth-order valence-electron chi connectivity index (χ4n) is 3.33. The van der Waals surface area contributed by atoms with Gasteiger partial charge in [-0.25, -0.2) is 9.78 Å². The summed E-state index contributed by atoms with van der Waals surface area (Å²) in [6, 6.07) is 3.43. The van der Waals surface area contributed by atoms with Gasteiger partial charge in [0.1, 0.15) is 11.5 Å². The number of hydrogen-bond acceptors (Lipinski definition) is 6. The highest BCUT2D eigenvalue weighted by atomic mass is 32.1. The first kappa shape index (κ1) is 17.4. The number of hydrogen-bond donors (Lipinski definition) is 0. The zero-order valence-electron chi connectivity index (χ0n) is 14.6. The molecule has 0 spiro atoms. The van der Waals surface area contributed by atoms with Crippen LogP contribution in [0, 0.1) is 6.92 Å². The number of rotatable bonds is 3. The number of ether oxygens (including phenoxy) is 1. The number of fused-ring (bicyclic) bond motifs is 2. The van der Waals surface area contributed by atoms with E-state index >= 15 is 0 Å². The molecule has 3 heterocycles. The van der Waals surface area contributed by atoms with Crippen LogP contribution < -0.4 is 5.56 Å². The third-order valence-electron chi connectivity index (χ3n) is 4.68. The Bertz CT molecular complexity index is 990. The van der Waals surface area contributed by atoms with E-state index in [1.54, 1.807) is 15.7 Å². The average Bonchev–Trinajstić information content (AvgIpc) is 3.16. The van der Waals surface area contributed by atoms with Crippen molar-refractivity contribution in [3.05, 3.63) is 54.6 Å². The Balaban J connectivity index is 1.49. The standard InChI is InChI=1S/C19H20N2O3S2/c1-12-11-25-19-20-14(9-17(22)21(12)19)10-24-18(23)16-8-13-6-4-2-3-5-7-15(13)26-16/h8-9,11H,2-7,10H2,1H3. The first-order valence-electron chi connectivity index (χ1n) is 8.87. The Morgan fingerprint density at radius 3 is 2.88 bits per heavy atom. The third kappa shape index (κ3) is 3.46. The van der Waals surface area contributed by atoms with Gasteiger partial charge in [-0.1, -0.05) is 12.8 Å². The summed E-state index contributed by atoms with van der Waals surface area (Å²) in [7, 11) is 0. The molecule has 0 unspecified atom stereocenters. The van der Waals surface area contributed by atoms with E-state index in [1.807, 2.05) is 18.4 Å². The molecule has 7 heteroatoms. The summed E-state index contributed by atoms with van der Waals surface area (Å²) in [4.78, 5) is 31.6. The second-order valence-corrected chi connectivity index (χ2v) is 8.60. The summed E-state index contributed by atoms with van der Waals surface area (Å²) < 4.78 is 7.00. The van der Waals surface area contributed by atoms with Crippen molar-refractivity contribution in [2.45, 2.75) is 52.1 Å². The van der Waals surface area contributed by atoms with E-state index in [9.17, 15) is 9.59 Å². The predicted octanol–water partition coefficient (Wildman–Crippen LogP) is 4.14. The van der Waals surface area contributed by atoms with E-state index in [0.29, 0.717) is 15.5 Å². The normalized spacial score (nSPS) is 14.7. The summed E-state index contributed by atoms with van der Waals surface area (Å²) >= 11 is 2.96. The van der Waals surface area contributed by atoms with Crippen LogP contribution in [-0.2, 0) is 24.2 Å². The average molecular weight is 389 g/mol. The molecule has 0 bridgehead atoms. The molecular weight excluding hydrogens is 368 g/mol. The molecule has 0 amide bonds. The van der Waals surface area contributed by atoms with E-state index in [0.717, 1.165) is 18.5 Å². The molecular formula is C19H20N2O3S2. The highest BCUT2D eigenvalue weighted by Gasteiger charge is 2.17. The van der Waals surface area contributed by atoms with Gasteiger partial charge < -0.3 is 4.74 Å². The monoisotopic (exact) mass is 388 g/mol. The van der Waals surface area contributed by atoms with Crippen LogP contribution in [0.1, 0.15) is 57.2 Å². The second-order valence-electron chi connectivity index (χ2n) is 6.63. The molecule has 4 rings (SSSR count). The summed E-state index contributed by atoms with van der Waals surface area (Å²) in [5.41, 5.74) is 2.51. The van der Waals surface area contributed by atoms with Gasteiger partial charge in [0.15, 0.2) is 4.96 Å². The fraction of sp³-hybridized carbons (Fsp3) is 0.421. The van der Waals surface area contributed by atoms with Gasteiger partial charge in [-0.05, 0) is 44.2 Å². The quantitative estimate of drug-likeness (QED) is 0.633. The molecule has 26 heavy (non-hydrogen) atoms.